The number of rotatable bonds is 8. The molecular formula is C19H26N4OS. The predicted octanol–water partition coefficient (Wildman–Crippen LogP) is 3.47. The maximum atomic E-state index is 12.9. The van der Waals surface area contributed by atoms with Gasteiger partial charge in [0, 0.05) is 18.0 Å². The lowest BCUT2D eigenvalue weighted by atomic mass is 10.1. The van der Waals surface area contributed by atoms with Gasteiger partial charge in [-0.05, 0) is 37.8 Å². The van der Waals surface area contributed by atoms with Gasteiger partial charge in [-0.2, -0.15) is 5.10 Å². The zero-order valence-electron chi connectivity index (χ0n) is 15.4. The average Bonchev–Trinajstić information content (AvgIpc) is 2.91. The first-order valence-corrected chi connectivity index (χ1v) is 9.57. The Balaban J connectivity index is 2.07. The maximum absolute atomic E-state index is 12.9. The van der Waals surface area contributed by atoms with E-state index in [0.717, 1.165) is 17.2 Å². The second kappa shape index (κ2) is 8.85. The molecule has 0 aliphatic carbocycles. The van der Waals surface area contributed by atoms with Crippen LogP contribution in [0.5, 0.6) is 0 Å². The Bertz CT molecular complexity index is 724. The molecule has 0 spiro atoms. The summed E-state index contributed by atoms with van der Waals surface area (Å²) in [6.45, 7) is 11.1. The Labute approximate surface area is 154 Å². The molecule has 0 aliphatic rings. The number of carbonyl (C=O) groups is 1. The molecule has 134 valence electrons. The van der Waals surface area contributed by atoms with E-state index in [1.165, 1.54) is 4.90 Å². The first kappa shape index (κ1) is 19.2. The third-order valence-corrected chi connectivity index (χ3v) is 4.77. The summed E-state index contributed by atoms with van der Waals surface area (Å²) in [5.41, 5.74) is 1.12. The van der Waals surface area contributed by atoms with E-state index < -0.39 is 0 Å². The molecule has 1 aromatic carbocycles. The second-order valence-electron chi connectivity index (χ2n) is 6.14. The van der Waals surface area contributed by atoms with E-state index in [0.29, 0.717) is 19.6 Å². The minimum absolute atomic E-state index is 0.0985. The molecule has 1 amide bonds. The van der Waals surface area contributed by atoms with Crippen molar-refractivity contribution in [2.45, 2.75) is 38.8 Å². The first-order chi connectivity index (χ1) is 11.9. The van der Waals surface area contributed by atoms with E-state index in [-0.39, 0.29) is 11.8 Å². The summed E-state index contributed by atoms with van der Waals surface area (Å²) in [5.74, 6) is 1.49. The lowest BCUT2D eigenvalue weighted by Gasteiger charge is -2.25. The second-order valence-corrected chi connectivity index (χ2v) is 7.02. The number of benzene rings is 1. The molecule has 6 heteroatoms. The van der Waals surface area contributed by atoms with Gasteiger partial charge >= 0.3 is 0 Å². The van der Waals surface area contributed by atoms with Crippen molar-refractivity contribution in [2.24, 2.45) is 5.92 Å². The average molecular weight is 359 g/mol. The van der Waals surface area contributed by atoms with Gasteiger partial charge in [-0.15, -0.1) is 18.3 Å². The molecule has 0 aliphatic heterocycles. The Hall–Kier alpha value is -2.08. The number of carbonyl (C=O) groups excluding carboxylic acids is 1. The van der Waals surface area contributed by atoms with Gasteiger partial charge in [-0.25, -0.2) is 9.67 Å². The highest BCUT2D eigenvalue weighted by atomic mass is 32.2. The Kier molecular flexibility index (Phi) is 6.82. The summed E-state index contributed by atoms with van der Waals surface area (Å²) in [5, 5.41) is 4.35. The number of hydrogen-bond acceptors (Lipinski definition) is 4. The van der Waals surface area contributed by atoms with Gasteiger partial charge in [0.2, 0.25) is 5.91 Å². The number of hydrogen-bond donors (Lipinski definition) is 0. The van der Waals surface area contributed by atoms with Crippen molar-refractivity contribution in [1.82, 2.24) is 19.7 Å². The van der Waals surface area contributed by atoms with Crippen molar-refractivity contribution < 1.29 is 4.79 Å². The molecule has 1 atom stereocenters. The van der Waals surface area contributed by atoms with Crippen molar-refractivity contribution in [3.63, 3.8) is 0 Å². The summed E-state index contributed by atoms with van der Waals surface area (Å²) in [6.07, 6.45) is 3.82. The molecule has 0 N–H and O–H groups in total. The van der Waals surface area contributed by atoms with E-state index in [1.807, 2.05) is 25.7 Å². The van der Waals surface area contributed by atoms with E-state index >= 15 is 0 Å². The highest BCUT2D eigenvalue weighted by Crippen LogP contribution is 2.17. The van der Waals surface area contributed by atoms with Crippen LogP contribution in [0.2, 0.25) is 0 Å². The summed E-state index contributed by atoms with van der Waals surface area (Å²) in [6, 6.07) is 8.32. The van der Waals surface area contributed by atoms with Crippen molar-refractivity contribution in [1.29, 1.82) is 0 Å². The lowest BCUT2D eigenvalue weighted by molar-refractivity contribution is -0.135. The normalized spacial score (nSPS) is 12.0. The highest BCUT2D eigenvalue weighted by Gasteiger charge is 2.21. The van der Waals surface area contributed by atoms with E-state index in [2.05, 4.69) is 47.2 Å². The Morgan fingerprint density at radius 2 is 2.04 bits per heavy atom. The topological polar surface area (TPSA) is 51.0 Å². The molecule has 2 aromatic rings. The standard InChI is InChI=1S/C19H26N4OS/c1-6-11-22(13-17-7-9-18(25-5)10-8-17)19(24)14(2)12-23-16(4)20-15(3)21-23/h6-10,14H,1,11-13H2,2-5H3. The molecule has 0 saturated carbocycles. The van der Waals surface area contributed by atoms with Gasteiger partial charge in [0.1, 0.15) is 11.6 Å². The van der Waals surface area contributed by atoms with Gasteiger partial charge < -0.3 is 4.90 Å². The first-order valence-electron chi connectivity index (χ1n) is 8.35. The number of aryl methyl sites for hydroxylation is 2. The van der Waals surface area contributed by atoms with Gasteiger partial charge in [0.15, 0.2) is 0 Å². The third-order valence-electron chi connectivity index (χ3n) is 4.02. The van der Waals surface area contributed by atoms with Gasteiger partial charge in [-0.1, -0.05) is 25.1 Å². The SMILES string of the molecule is C=CCN(Cc1ccc(SC)cc1)C(=O)C(C)Cn1nc(C)nc1C. The van der Waals surface area contributed by atoms with Crippen LogP contribution in [0.4, 0.5) is 0 Å². The molecular weight excluding hydrogens is 332 g/mol. The molecule has 25 heavy (non-hydrogen) atoms. The fourth-order valence-corrected chi connectivity index (χ4v) is 3.13. The van der Waals surface area contributed by atoms with Gasteiger partial charge in [0.25, 0.3) is 0 Å². The monoisotopic (exact) mass is 358 g/mol. The van der Waals surface area contributed by atoms with Crippen LogP contribution >= 0.6 is 11.8 Å². The van der Waals surface area contributed by atoms with E-state index in [4.69, 9.17) is 0 Å². The fraction of sp³-hybridized carbons (Fsp3) is 0.421. The van der Waals surface area contributed by atoms with Gasteiger partial charge in [-0.3, -0.25) is 4.79 Å². The van der Waals surface area contributed by atoms with Crippen molar-refractivity contribution >= 4 is 17.7 Å². The summed E-state index contributed by atoms with van der Waals surface area (Å²) < 4.78 is 1.80. The minimum atomic E-state index is -0.176. The number of amides is 1. The molecule has 1 unspecified atom stereocenters. The maximum Gasteiger partial charge on any atom is 0.227 e. The molecule has 0 saturated heterocycles. The number of nitrogens with zero attached hydrogens (tertiary/aromatic N) is 4. The smallest absolute Gasteiger partial charge is 0.227 e. The highest BCUT2D eigenvalue weighted by molar-refractivity contribution is 7.98. The largest absolute Gasteiger partial charge is 0.334 e. The fourth-order valence-electron chi connectivity index (χ4n) is 2.72. The van der Waals surface area contributed by atoms with Crippen LogP contribution in [0.15, 0.2) is 41.8 Å². The van der Waals surface area contributed by atoms with Crippen LogP contribution < -0.4 is 0 Å². The number of thioether (sulfide) groups is 1. The van der Waals surface area contributed by atoms with Gasteiger partial charge in [0.05, 0.1) is 12.5 Å². The quantitative estimate of drug-likeness (QED) is 0.536. The third kappa shape index (κ3) is 5.19. The lowest BCUT2D eigenvalue weighted by Crippen LogP contribution is -2.36. The van der Waals surface area contributed by atoms with E-state index in [1.54, 1.807) is 22.5 Å². The molecule has 0 bridgehead atoms. The zero-order valence-corrected chi connectivity index (χ0v) is 16.2. The number of aromatic nitrogens is 3. The Morgan fingerprint density at radius 3 is 2.56 bits per heavy atom. The van der Waals surface area contributed by atoms with Crippen molar-refractivity contribution in [3.8, 4) is 0 Å². The Morgan fingerprint density at radius 1 is 1.36 bits per heavy atom. The van der Waals surface area contributed by atoms with Crippen LogP contribution in [-0.4, -0.2) is 38.4 Å². The van der Waals surface area contributed by atoms with Crippen LogP contribution in [0.1, 0.15) is 24.1 Å². The van der Waals surface area contributed by atoms with Crippen molar-refractivity contribution in [3.05, 3.63) is 54.1 Å². The van der Waals surface area contributed by atoms with Crippen LogP contribution in [0.3, 0.4) is 0 Å². The predicted molar refractivity (Wildman–Crippen MR) is 102 cm³/mol. The minimum Gasteiger partial charge on any atom is -0.334 e. The van der Waals surface area contributed by atoms with Crippen molar-refractivity contribution in [2.75, 3.05) is 12.8 Å². The molecule has 2 rings (SSSR count). The zero-order chi connectivity index (χ0) is 18.4. The molecule has 5 nitrogen and oxygen atoms in total. The van der Waals surface area contributed by atoms with Crippen LogP contribution in [0, 0.1) is 19.8 Å². The molecule has 1 heterocycles. The van der Waals surface area contributed by atoms with Crippen LogP contribution in [-0.2, 0) is 17.9 Å². The molecule has 1 aromatic heterocycles. The molecule has 0 radical (unpaired) electrons. The summed E-state index contributed by atoms with van der Waals surface area (Å²) in [4.78, 5) is 20.2. The summed E-state index contributed by atoms with van der Waals surface area (Å²) in [7, 11) is 0. The molecule has 0 fully saturated rings. The van der Waals surface area contributed by atoms with Crippen LogP contribution in [0.25, 0.3) is 0 Å². The van der Waals surface area contributed by atoms with E-state index in [9.17, 15) is 4.79 Å². The summed E-state index contributed by atoms with van der Waals surface area (Å²) >= 11 is 1.71.